The number of carbonyl (C=O) groups is 1. The third kappa shape index (κ3) is 3.25. The van der Waals surface area contributed by atoms with Gasteiger partial charge in [-0.05, 0) is 55.9 Å². The highest BCUT2D eigenvalue weighted by Gasteiger charge is 2.20. The molecule has 2 aromatic rings. The SMILES string of the molecule is CC(=NNC(=O)c1cc2c(s1)CCC(C)C2)c1ccccn1. The van der Waals surface area contributed by atoms with E-state index < -0.39 is 0 Å². The molecular weight excluding hydrogens is 294 g/mol. The number of nitrogens with one attached hydrogen (secondary N) is 1. The summed E-state index contributed by atoms with van der Waals surface area (Å²) < 4.78 is 0. The Morgan fingerprint density at radius 3 is 3.09 bits per heavy atom. The van der Waals surface area contributed by atoms with Crippen LogP contribution in [0.2, 0.25) is 0 Å². The number of hydrazone groups is 1. The molecule has 3 rings (SSSR count). The second-order valence-electron chi connectivity index (χ2n) is 5.76. The van der Waals surface area contributed by atoms with Crippen molar-refractivity contribution >= 4 is 23.0 Å². The predicted molar refractivity (Wildman–Crippen MR) is 89.4 cm³/mol. The summed E-state index contributed by atoms with van der Waals surface area (Å²) in [6, 6.07) is 7.65. The Bertz CT molecular complexity index is 706. The van der Waals surface area contributed by atoms with Crippen molar-refractivity contribution in [2.75, 3.05) is 0 Å². The Hall–Kier alpha value is -2.01. The number of hydrogen-bond donors (Lipinski definition) is 1. The zero-order valence-corrected chi connectivity index (χ0v) is 13.6. The van der Waals surface area contributed by atoms with Crippen LogP contribution in [-0.4, -0.2) is 16.6 Å². The van der Waals surface area contributed by atoms with Crippen LogP contribution in [0.15, 0.2) is 35.6 Å². The van der Waals surface area contributed by atoms with Gasteiger partial charge in [0.1, 0.15) is 0 Å². The third-order valence-corrected chi connectivity index (χ3v) is 5.15. The van der Waals surface area contributed by atoms with Gasteiger partial charge >= 0.3 is 0 Å². The highest BCUT2D eigenvalue weighted by Crippen LogP contribution is 2.32. The lowest BCUT2D eigenvalue weighted by Gasteiger charge is -2.16. The lowest BCUT2D eigenvalue weighted by molar-refractivity contribution is 0.0959. The van der Waals surface area contributed by atoms with E-state index in [0.717, 1.165) is 23.4 Å². The van der Waals surface area contributed by atoms with Crippen LogP contribution in [0, 0.1) is 5.92 Å². The molecule has 1 unspecified atom stereocenters. The number of carbonyl (C=O) groups excluding carboxylic acids is 1. The first-order valence-corrected chi connectivity index (χ1v) is 8.32. The second kappa shape index (κ2) is 6.40. The van der Waals surface area contributed by atoms with E-state index in [1.807, 2.05) is 31.2 Å². The summed E-state index contributed by atoms with van der Waals surface area (Å²) >= 11 is 1.60. The van der Waals surface area contributed by atoms with Crippen LogP contribution in [-0.2, 0) is 12.8 Å². The van der Waals surface area contributed by atoms with Gasteiger partial charge in [-0.25, -0.2) is 5.43 Å². The molecule has 0 saturated carbocycles. The summed E-state index contributed by atoms with van der Waals surface area (Å²) in [5.74, 6) is 0.574. The average molecular weight is 313 g/mol. The molecule has 114 valence electrons. The maximum Gasteiger partial charge on any atom is 0.281 e. The van der Waals surface area contributed by atoms with Gasteiger partial charge in [0.15, 0.2) is 0 Å². The number of amides is 1. The van der Waals surface area contributed by atoms with Crippen LogP contribution in [0.5, 0.6) is 0 Å². The number of pyridine rings is 1. The number of nitrogens with zero attached hydrogens (tertiary/aromatic N) is 2. The molecule has 2 heterocycles. The molecule has 0 bridgehead atoms. The van der Waals surface area contributed by atoms with Gasteiger partial charge < -0.3 is 0 Å². The molecule has 1 amide bonds. The van der Waals surface area contributed by atoms with E-state index in [-0.39, 0.29) is 5.91 Å². The lowest BCUT2D eigenvalue weighted by atomic mass is 9.90. The standard InChI is InChI=1S/C17H19N3OS/c1-11-6-7-15-13(9-11)10-16(22-15)17(21)20-19-12(2)14-5-3-4-8-18-14/h3-5,8,10-11H,6-7,9H2,1-2H3,(H,20,21). The fraction of sp³-hybridized carbons (Fsp3) is 0.353. The second-order valence-corrected chi connectivity index (χ2v) is 6.90. The van der Waals surface area contributed by atoms with Crippen LogP contribution < -0.4 is 5.43 Å². The fourth-order valence-corrected chi connectivity index (χ4v) is 3.74. The molecule has 1 N–H and O–H groups in total. The summed E-state index contributed by atoms with van der Waals surface area (Å²) in [4.78, 5) is 18.6. The normalized spacial score (nSPS) is 17.9. The maximum atomic E-state index is 12.3. The Morgan fingerprint density at radius 1 is 1.45 bits per heavy atom. The van der Waals surface area contributed by atoms with Crippen molar-refractivity contribution in [1.82, 2.24) is 10.4 Å². The first kappa shape index (κ1) is 14.9. The number of aromatic nitrogens is 1. The molecule has 1 aliphatic carbocycles. The van der Waals surface area contributed by atoms with Crippen LogP contribution in [0.1, 0.15) is 46.1 Å². The van der Waals surface area contributed by atoms with Crippen LogP contribution in [0.4, 0.5) is 0 Å². The molecule has 2 aromatic heterocycles. The molecule has 1 aliphatic rings. The van der Waals surface area contributed by atoms with Gasteiger partial charge in [-0.3, -0.25) is 9.78 Å². The zero-order valence-electron chi connectivity index (χ0n) is 12.8. The molecular formula is C17H19N3OS. The van der Waals surface area contributed by atoms with Gasteiger partial charge in [0.05, 0.1) is 16.3 Å². The van der Waals surface area contributed by atoms with E-state index in [2.05, 4.69) is 22.4 Å². The molecule has 22 heavy (non-hydrogen) atoms. The molecule has 0 spiro atoms. The fourth-order valence-electron chi connectivity index (χ4n) is 2.64. The Morgan fingerprint density at radius 2 is 2.32 bits per heavy atom. The monoisotopic (exact) mass is 313 g/mol. The maximum absolute atomic E-state index is 12.3. The Labute approximate surface area is 134 Å². The van der Waals surface area contributed by atoms with Crippen molar-refractivity contribution in [3.05, 3.63) is 51.5 Å². The number of thiophene rings is 1. The highest BCUT2D eigenvalue weighted by atomic mass is 32.1. The van der Waals surface area contributed by atoms with Gasteiger partial charge in [-0.1, -0.05) is 13.0 Å². The largest absolute Gasteiger partial charge is 0.281 e. The van der Waals surface area contributed by atoms with Crippen molar-refractivity contribution in [3.63, 3.8) is 0 Å². The van der Waals surface area contributed by atoms with E-state index >= 15 is 0 Å². The van der Waals surface area contributed by atoms with Crippen molar-refractivity contribution in [2.45, 2.75) is 33.1 Å². The molecule has 0 aromatic carbocycles. The molecule has 0 saturated heterocycles. The van der Waals surface area contributed by atoms with Crippen molar-refractivity contribution in [3.8, 4) is 0 Å². The van der Waals surface area contributed by atoms with E-state index in [4.69, 9.17) is 0 Å². The molecule has 1 atom stereocenters. The summed E-state index contributed by atoms with van der Waals surface area (Å²) in [7, 11) is 0. The smallest absolute Gasteiger partial charge is 0.266 e. The van der Waals surface area contributed by atoms with E-state index in [9.17, 15) is 4.79 Å². The summed E-state index contributed by atoms with van der Waals surface area (Å²) in [6.45, 7) is 4.10. The molecule has 4 nitrogen and oxygen atoms in total. The van der Waals surface area contributed by atoms with E-state index in [0.29, 0.717) is 11.6 Å². The molecule has 5 heteroatoms. The van der Waals surface area contributed by atoms with Crippen molar-refractivity contribution < 1.29 is 4.79 Å². The first-order valence-electron chi connectivity index (χ1n) is 7.51. The molecule has 0 radical (unpaired) electrons. The summed E-state index contributed by atoms with van der Waals surface area (Å²) in [5, 5.41) is 4.15. The van der Waals surface area contributed by atoms with Crippen LogP contribution >= 0.6 is 11.3 Å². The van der Waals surface area contributed by atoms with Gasteiger partial charge in [0, 0.05) is 11.1 Å². The zero-order chi connectivity index (χ0) is 15.5. The van der Waals surface area contributed by atoms with Crippen LogP contribution in [0.3, 0.4) is 0 Å². The predicted octanol–water partition coefficient (Wildman–Crippen LogP) is 3.42. The summed E-state index contributed by atoms with van der Waals surface area (Å²) in [5.41, 5.74) is 5.43. The number of fused-ring (bicyclic) bond motifs is 1. The summed E-state index contributed by atoms with van der Waals surface area (Å²) in [6.07, 6.45) is 5.09. The minimum atomic E-state index is -0.137. The number of hydrogen-bond acceptors (Lipinski definition) is 4. The van der Waals surface area contributed by atoms with Crippen molar-refractivity contribution in [2.24, 2.45) is 11.0 Å². The number of aryl methyl sites for hydroxylation is 1. The van der Waals surface area contributed by atoms with Gasteiger partial charge in [0.2, 0.25) is 0 Å². The minimum Gasteiger partial charge on any atom is -0.266 e. The number of rotatable bonds is 3. The van der Waals surface area contributed by atoms with E-state index in [1.165, 1.54) is 16.9 Å². The lowest BCUT2D eigenvalue weighted by Crippen LogP contribution is -2.18. The highest BCUT2D eigenvalue weighted by molar-refractivity contribution is 7.14. The van der Waals surface area contributed by atoms with Gasteiger partial charge in [0.25, 0.3) is 5.91 Å². The third-order valence-electron chi connectivity index (χ3n) is 3.91. The minimum absolute atomic E-state index is 0.137. The van der Waals surface area contributed by atoms with Gasteiger partial charge in [-0.15, -0.1) is 11.3 Å². The quantitative estimate of drug-likeness (QED) is 0.697. The molecule has 0 aliphatic heterocycles. The average Bonchev–Trinajstić information content (AvgIpc) is 2.96. The Balaban J connectivity index is 1.70. The van der Waals surface area contributed by atoms with Crippen molar-refractivity contribution in [1.29, 1.82) is 0 Å². The van der Waals surface area contributed by atoms with E-state index in [1.54, 1.807) is 17.5 Å². The topological polar surface area (TPSA) is 54.4 Å². The van der Waals surface area contributed by atoms with Crippen LogP contribution in [0.25, 0.3) is 0 Å². The van der Waals surface area contributed by atoms with Gasteiger partial charge in [-0.2, -0.15) is 5.10 Å². The Kier molecular flexibility index (Phi) is 4.34. The molecule has 0 fully saturated rings. The first-order chi connectivity index (χ1) is 10.6.